The van der Waals surface area contributed by atoms with E-state index in [4.69, 9.17) is 5.10 Å². The molecule has 3 aromatic heterocycles. The van der Waals surface area contributed by atoms with E-state index in [1.807, 2.05) is 29.9 Å². The monoisotopic (exact) mass is 463 g/mol. The first-order chi connectivity index (χ1) is 16.3. The number of rotatable bonds is 5. The van der Waals surface area contributed by atoms with Gasteiger partial charge in [-0.1, -0.05) is 13.8 Å². The van der Waals surface area contributed by atoms with Crippen LogP contribution in [0.4, 0.5) is 15.8 Å². The van der Waals surface area contributed by atoms with Crippen molar-refractivity contribution < 1.29 is 9.18 Å². The molecule has 4 aromatic rings. The molecular weight excluding hydrogens is 433 g/mol. The maximum absolute atomic E-state index is 14.5. The molecule has 0 bridgehead atoms. The van der Waals surface area contributed by atoms with Gasteiger partial charge >= 0.3 is 0 Å². The summed E-state index contributed by atoms with van der Waals surface area (Å²) in [6.07, 6.45) is 5.40. The Labute approximate surface area is 197 Å². The molecule has 2 N–H and O–H groups in total. The number of pyridine rings is 1. The van der Waals surface area contributed by atoms with E-state index in [1.54, 1.807) is 23.7 Å². The molecule has 5 rings (SSSR count). The lowest BCUT2D eigenvalue weighted by atomic mass is 10.0. The lowest BCUT2D eigenvalue weighted by molar-refractivity contribution is 0.102. The SMILES string of the molecule is CCn1cc2c(N3CCNC(C(C)C)C3)ccc(C(=O)Nc3cc(F)c4nc(C)cn4c3)c2n1. The van der Waals surface area contributed by atoms with Gasteiger partial charge in [0.2, 0.25) is 0 Å². The second-order valence-corrected chi connectivity index (χ2v) is 9.27. The number of amides is 1. The fraction of sp³-hybridized carbons (Fsp3) is 0.400. The molecule has 1 amide bonds. The molecule has 8 nitrogen and oxygen atoms in total. The van der Waals surface area contributed by atoms with Crippen molar-refractivity contribution >= 4 is 33.8 Å². The molecule has 1 aliphatic heterocycles. The van der Waals surface area contributed by atoms with Crippen LogP contribution in [0.1, 0.15) is 36.8 Å². The highest BCUT2D eigenvalue weighted by Crippen LogP contribution is 2.31. The van der Waals surface area contributed by atoms with Gasteiger partial charge in [-0.15, -0.1) is 0 Å². The maximum atomic E-state index is 14.5. The zero-order valence-corrected chi connectivity index (χ0v) is 20.0. The van der Waals surface area contributed by atoms with E-state index in [1.165, 1.54) is 6.07 Å². The minimum absolute atomic E-state index is 0.236. The Morgan fingerprint density at radius 2 is 2.12 bits per heavy atom. The smallest absolute Gasteiger partial charge is 0.257 e. The molecule has 1 saturated heterocycles. The summed E-state index contributed by atoms with van der Waals surface area (Å²) in [5.74, 6) is -0.285. The average Bonchev–Trinajstić information content (AvgIpc) is 3.41. The zero-order valence-electron chi connectivity index (χ0n) is 20.0. The van der Waals surface area contributed by atoms with E-state index in [2.05, 4.69) is 34.4 Å². The number of aryl methyl sites for hydroxylation is 2. The summed E-state index contributed by atoms with van der Waals surface area (Å²) >= 11 is 0. The fourth-order valence-corrected chi connectivity index (χ4v) is 4.65. The summed E-state index contributed by atoms with van der Waals surface area (Å²) in [6, 6.07) is 5.53. The third-order valence-electron chi connectivity index (χ3n) is 6.50. The van der Waals surface area contributed by atoms with Gasteiger partial charge in [-0.05, 0) is 31.9 Å². The first kappa shape index (κ1) is 22.3. The molecule has 0 spiro atoms. The number of hydrogen-bond acceptors (Lipinski definition) is 5. The van der Waals surface area contributed by atoms with E-state index in [-0.39, 0.29) is 11.6 Å². The number of imidazole rings is 1. The molecule has 178 valence electrons. The van der Waals surface area contributed by atoms with Gasteiger partial charge in [0.15, 0.2) is 11.5 Å². The Kier molecular flexibility index (Phi) is 5.73. The molecule has 4 heterocycles. The lowest BCUT2D eigenvalue weighted by Gasteiger charge is -2.37. The maximum Gasteiger partial charge on any atom is 0.257 e. The lowest BCUT2D eigenvalue weighted by Crippen LogP contribution is -2.53. The number of anilines is 2. The van der Waals surface area contributed by atoms with Gasteiger partial charge < -0.3 is 19.9 Å². The van der Waals surface area contributed by atoms with Gasteiger partial charge in [-0.2, -0.15) is 5.10 Å². The molecule has 9 heteroatoms. The number of halogens is 1. The second-order valence-electron chi connectivity index (χ2n) is 9.27. The Hall–Kier alpha value is -3.46. The number of carbonyl (C=O) groups excluding carboxylic acids is 1. The summed E-state index contributed by atoms with van der Waals surface area (Å²) < 4.78 is 17.9. The second kappa shape index (κ2) is 8.72. The zero-order chi connectivity index (χ0) is 24.0. The third kappa shape index (κ3) is 4.00. The molecule has 0 aliphatic carbocycles. The van der Waals surface area contributed by atoms with Crippen molar-refractivity contribution in [2.75, 3.05) is 29.9 Å². The van der Waals surface area contributed by atoms with Crippen LogP contribution in [0.2, 0.25) is 0 Å². The fourth-order valence-electron chi connectivity index (χ4n) is 4.65. The first-order valence-corrected chi connectivity index (χ1v) is 11.8. The van der Waals surface area contributed by atoms with Crippen molar-refractivity contribution in [3.8, 4) is 0 Å². The molecule has 1 fully saturated rings. The minimum Gasteiger partial charge on any atom is -0.368 e. The van der Waals surface area contributed by atoms with E-state index < -0.39 is 5.82 Å². The minimum atomic E-state index is -0.486. The molecular formula is C25H30FN7O. The van der Waals surface area contributed by atoms with Crippen molar-refractivity contribution in [3.63, 3.8) is 0 Å². The number of hydrogen-bond donors (Lipinski definition) is 2. The van der Waals surface area contributed by atoms with Crippen LogP contribution in [-0.2, 0) is 6.54 Å². The van der Waals surface area contributed by atoms with E-state index in [0.29, 0.717) is 41.0 Å². The average molecular weight is 464 g/mol. The number of benzene rings is 1. The molecule has 1 unspecified atom stereocenters. The number of nitrogens with zero attached hydrogens (tertiary/aromatic N) is 5. The standard InChI is InChI=1S/C25H30FN7O/c1-5-33-13-19-22(31-9-8-27-21(14-31)15(2)3)7-6-18(23(19)30-33)25(34)29-17-10-20(26)24-28-16(4)11-32(24)12-17/h6-7,10-13,15,21,27H,5,8-9,14H2,1-4H3,(H,29,34). The van der Waals surface area contributed by atoms with E-state index in [9.17, 15) is 9.18 Å². The van der Waals surface area contributed by atoms with Crippen LogP contribution >= 0.6 is 0 Å². The highest BCUT2D eigenvalue weighted by atomic mass is 19.1. The van der Waals surface area contributed by atoms with E-state index >= 15 is 0 Å². The summed E-state index contributed by atoms with van der Waals surface area (Å²) in [5, 5.41) is 12.1. The Bertz CT molecular complexity index is 1370. The molecule has 1 atom stereocenters. The van der Waals surface area contributed by atoms with Gasteiger partial charge in [-0.3, -0.25) is 9.48 Å². The highest BCUT2D eigenvalue weighted by molar-refractivity contribution is 6.13. The molecule has 34 heavy (non-hydrogen) atoms. The highest BCUT2D eigenvalue weighted by Gasteiger charge is 2.25. The molecule has 1 aliphatic rings. The van der Waals surface area contributed by atoms with Gasteiger partial charge in [0.25, 0.3) is 5.91 Å². The first-order valence-electron chi connectivity index (χ1n) is 11.8. The topological polar surface area (TPSA) is 79.5 Å². The Morgan fingerprint density at radius 1 is 1.29 bits per heavy atom. The number of piperazine rings is 1. The summed E-state index contributed by atoms with van der Waals surface area (Å²) in [6.45, 7) is 11.7. The Balaban J connectivity index is 1.50. The van der Waals surface area contributed by atoms with Crippen LogP contribution in [0.3, 0.4) is 0 Å². The van der Waals surface area contributed by atoms with E-state index in [0.717, 1.165) is 30.7 Å². The van der Waals surface area contributed by atoms with Crippen LogP contribution in [0.5, 0.6) is 0 Å². The van der Waals surface area contributed by atoms with Crippen molar-refractivity contribution in [3.05, 3.63) is 53.9 Å². The Morgan fingerprint density at radius 3 is 2.88 bits per heavy atom. The van der Waals surface area contributed by atoms with Crippen LogP contribution in [0.25, 0.3) is 16.6 Å². The van der Waals surface area contributed by atoms with Gasteiger partial charge in [0, 0.05) is 68.0 Å². The number of carbonyl (C=O) groups is 1. The molecule has 0 radical (unpaired) electrons. The largest absolute Gasteiger partial charge is 0.368 e. The van der Waals surface area contributed by atoms with Crippen LogP contribution in [0, 0.1) is 18.7 Å². The van der Waals surface area contributed by atoms with Crippen molar-refractivity contribution in [1.29, 1.82) is 0 Å². The van der Waals surface area contributed by atoms with Crippen LogP contribution in [-0.4, -0.2) is 50.7 Å². The summed E-state index contributed by atoms with van der Waals surface area (Å²) in [7, 11) is 0. The third-order valence-corrected chi connectivity index (χ3v) is 6.50. The molecule has 0 saturated carbocycles. The van der Waals surface area contributed by atoms with Crippen molar-refractivity contribution in [2.45, 2.75) is 40.3 Å². The predicted octanol–water partition coefficient (Wildman–Crippen LogP) is 3.84. The summed E-state index contributed by atoms with van der Waals surface area (Å²) in [4.78, 5) is 19.8. The van der Waals surface area contributed by atoms with Gasteiger partial charge in [0.05, 0.1) is 16.9 Å². The van der Waals surface area contributed by atoms with Crippen molar-refractivity contribution in [1.82, 2.24) is 24.5 Å². The number of fused-ring (bicyclic) bond motifs is 2. The van der Waals surface area contributed by atoms with Crippen LogP contribution < -0.4 is 15.5 Å². The number of nitrogens with one attached hydrogen (secondary N) is 2. The molecule has 1 aromatic carbocycles. The van der Waals surface area contributed by atoms with Crippen molar-refractivity contribution in [2.24, 2.45) is 5.92 Å². The van der Waals surface area contributed by atoms with Crippen LogP contribution in [0.15, 0.2) is 36.8 Å². The number of aromatic nitrogens is 4. The van der Waals surface area contributed by atoms with Gasteiger partial charge in [0.1, 0.15) is 5.52 Å². The quantitative estimate of drug-likeness (QED) is 0.470. The normalized spacial score (nSPS) is 16.6. The predicted molar refractivity (Wildman–Crippen MR) is 132 cm³/mol. The van der Waals surface area contributed by atoms with Gasteiger partial charge in [-0.25, -0.2) is 9.37 Å². The summed E-state index contributed by atoms with van der Waals surface area (Å²) in [5.41, 5.74) is 3.50.